The molecule has 0 bridgehead atoms. The predicted octanol–water partition coefficient (Wildman–Crippen LogP) is 41.3. The van der Waals surface area contributed by atoms with Crippen molar-refractivity contribution in [2.45, 2.75) is 311 Å². The third-order valence-electron chi connectivity index (χ3n) is 20.8. The van der Waals surface area contributed by atoms with Crippen molar-refractivity contribution in [3.05, 3.63) is 370 Å². The standard InChI is InChI=1S/C12H18O.C11H13ClF2.C11H15Cl.C11H15F.C10H10ClF3.C10H13ClO.3C10H13Cl.2C10H13F/c1-5-10-6-11(9(2)3)8-12(7-10)13-4;1-7(2)8-4-9(11(3,13)14)6-10(12)5-8;2*1-4-9-5-10(8(2)3)7-11(12)6-9;1-6(2)7-3-8(10(12,13)14)5-9(11)4-7;1-7(2)8-4-9(11)6-10(5-8)12-3;5*1-7(2)9-4-8(3)5-10(11)6-9/h6-9H,5H2,1-4H3;4-7H,1-3H3;2*5-8H,4H2,1-3H3;3-6H,1-2H3;4-7H,1-3H3;5*4-7H,1-3H3/i;;;;;3D3;;;;;. The van der Waals surface area contributed by atoms with Crippen LogP contribution in [0.15, 0.2) is 200 Å². The molecule has 0 heterocycles. The molecule has 132 heavy (non-hydrogen) atoms. The van der Waals surface area contributed by atoms with Crippen LogP contribution in [0.2, 0.25) is 35.2 Å². The Morgan fingerprint density at radius 3 is 0.735 bits per heavy atom. The SMILES string of the molecule is CC(C)c1cc(Cl)cc(C(C)(F)F)c1.CC(C)c1cc(Cl)cc(C(F)(F)F)c1.CCc1cc(Cl)cc(C(C)C)c1.CCc1cc(F)cc(C(C)C)c1.CCc1cc(OC)cc(C(C)C)c1.Cc1cc(Cl)cc(C(C)C)c1.Cc1cc(Cl)cc(C(C)C)c1.Cc1cc(Cl)cc(C(C)C)c1.Cc1cc(F)cc(C(C)C)c1.Cc1cc(F)cc(C(C)C)c1.[2H]C([2H])([2H])Oc1cc(Cl)cc(C(C)C)c1. The summed E-state index contributed by atoms with van der Waals surface area (Å²) in [6.45, 7) is 63.0. The molecule has 11 rings (SSSR count). The number of ether oxygens (including phenoxy) is 2. The van der Waals surface area contributed by atoms with Crippen molar-refractivity contribution in [3.63, 3.8) is 0 Å². The molecule has 11 aromatic rings. The molecule has 726 valence electrons. The Labute approximate surface area is 830 Å². The number of benzene rings is 11. The van der Waals surface area contributed by atoms with Gasteiger partial charge in [-0.2, -0.15) is 13.2 Å². The molecule has 0 fully saturated rings. The summed E-state index contributed by atoms with van der Waals surface area (Å²) in [4.78, 5) is 0. The highest BCUT2D eigenvalue weighted by molar-refractivity contribution is 6.32. The van der Waals surface area contributed by atoms with Gasteiger partial charge in [0.15, 0.2) is 0 Å². The van der Waals surface area contributed by atoms with E-state index in [0.717, 1.165) is 109 Å². The minimum absolute atomic E-state index is 0.0197. The van der Waals surface area contributed by atoms with Gasteiger partial charge in [-0.3, -0.25) is 0 Å². The zero-order chi connectivity index (χ0) is 104. The number of hydrogen-bond donors (Lipinski definition) is 0. The monoisotopic (exact) mass is 1960 g/mol. The Morgan fingerprint density at radius 2 is 0.462 bits per heavy atom. The van der Waals surface area contributed by atoms with Crippen LogP contribution in [0.5, 0.6) is 11.5 Å². The maximum absolute atomic E-state index is 13.0. The van der Waals surface area contributed by atoms with Crippen LogP contribution >= 0.6 is 81.2 Å². The fourth-order valence-electron chi connectivity index (χ4n) is 12.5. The molecule has 0 saturated heterocycles. The van der Waals surface area contributed by atoms with Crippen molar-refractivity contribution in [1.82, 2.24) is 0 Å². The van der Waals surface area contributed by atoms with Crippen molar-refractivity contribution in [2.24, 2.45) is 0 Å². The molecular formula is C115H149Cl7F8O2. The maximum Gasteiger partial charge on any atom is 0.416 e. The van der Waals surface area contributed by atoms with Crippen LogP contribution in [0, 0.1) is 52.1 Å². The highest BCUT2D eigenvalue weighted by Gasteiger charge is 2.31. The fraction of sp³-hybridized carbons (Fsp3) is 0.426. The average molecular weight is 1970 g/mol. The van der Waals surface area contributed by atoms with E-state index in [-0.39, 0.29) is 51.5 Å². The van der Waals surface area contributed by atoms with Crippen LogP contribution < -0.4 is 9.47 Å². The van der Waals surface area contributed by atoms with Crippen molar-refractivity contribution < 1.29 is 48.7 Å². The smallest absolute Gasteiger partial charge is 0.416 e. The van der Waals surface area contributed by atoms with E-state index in [0.29, 0.717) is 63.0 Å². The molecule has 0 aromatic heterocycles. The highest BCUT2D eigenvalue weighted by Crippen LogP contribution is 2.36. The van der Waals surface area contributed by atoms with Gasteiger partial charge in [0.1, 0.15) is 29.0 Å². The predicted molar refractivity (Wildman–Crippen MR) is 560 cm³/mol. The molecule has 0 aliphatic carbocycles. The zero-order valence-corrected chi connectivity index (χ0v) is 89.3. The van der Waals surface area contributed by atoms with E-state index in [2.05, 4.69) is 194 Å². The van der Waals surface area contributed by atoms with Crippen LogP contribution in [0.3, 0.4) is 0 Å². The topological polar surface area (TPSA) is 18.5 Å². The summed E-state index contributed by atoms with van der Waals surface area (Å²) >= 11 is 40.9. The van der Waals surface area contributed by atoms with Crippen molar-refractivity contribution in [1.29, 1.82) is 0 Å². The summed E-state index contributed by atoms with van der Waals surface area (Å²) in [7, 11) is -0.711. The van der Waals surface area contributed by atoms with E-state index in [4.69, 9.17) is 94.8 Å². The number of rotatable bonds is 17. The third-order valence-corrected chi connectivity index (χ3v) is 22.3. The summed E-state index contributed by atoms with van der Waals surface area (Å²) < 4.78 is 133. The van der Waals surface area contributed by atoms with Crippen LogP contribution in [-0.4, -0.2) is 14.1 Å². The Bertz CT molecular complexity index is 4790. The molecule has 2 nitrogen and oxygen atoms in total. The minimum Gasteiger partial charge on any atom is -0.497 e. The lowest BCUT2D eigenvalue weighted by molar-refractivity contribution is -0.137. The van der Waals surface area contributed by atoms with Gasteiger partial charge in [-0.05, 0) is 376 Å². The second-order valence-electron chi connectivity index (χ2n) is 36.7. The normalized spacial score (nSPS) is 11.4. The second-order valence-corrected chi connectivity index (χ2v) is 39.8. The molecule has 17 heteroatoms. The molecule has 0 saturated carbocycles. The molecule has 0 radical (unpaired) electrons. The van der Waals surface area contributed by atoms with E-state index in [1.807, 2.05) is 123 Å². The highest BCUT2D eigenvalue weighted by atomic mass is 35.5. The number of aryl methyl sites for hydroxylation is 8. The first-order chi connectivity index (χ1) is 62.3. The summed E-state index contributed by atoms with van der Waals surface area (Å²) in [5, 5.41) is 4.37. The van der Waals surface area contributed by atoms with Crippen molar-refractivity contribution in [3.8, 4) is 11.5 Å². The van der Waals surface area contributed by atoms with Gasteiger partial charge in [-0.15, -0.1) is 0 Å². The van der Waals surface area contributed by atoms with E-state index in [1.165, 1.54) is 73.8 Å². The van der Waals surface area contributed by atoms with E-state index in [9.17, 15) is 35.1 Å². The number of methoxy groups -OCH3 is 2. The molecule has 0 aliphatic heterocycles. The lowest BCUT2D eigenvalue weighted by Crippen LogP contribution is -2.07. The fourth-order valence-corrected chi connectivity index (χ4v) is 14.4. The van der Waals surface area contributed by atoms with Crippen molar-refractivity contribution in [2.75, 3.05) is 14.1 Å². The molecule has 0 aliphatic rings. The largest absolute Gasteiger partial charge is 0.497 e. The van der Waals surface area contributed by atoms with Gasteiger partial charge in [0.2, 0.25) is 0 Å². The number of halogens is 15. The third kappa shape index (κ3) is 49.8. The summed E-state index contributed by atoms with van der Waals surface area (Å²) in [6.07, 6.45) is -1.30. The first-order valence-corrected chi connectivity index (χ1v) is 48.1. The lowest BCUT2D eigenvalue weighted by Gasteiger charge is -2.14. The van der Waals surface area contributed by atoms with Gasteiger partial charge in [-0.1, -0.05) is 303 Å². The van der Waals surface area contributed by atoms with E-state index in [1.54, 1.807) is 67.8 Å². The van der Waals surface area contributed by atoms with Gasteiger partial charge in [-0.25, -0.2) is 22.0 Å². The number of alkyl halides is 5. The zero-order valence-electron chi connectivity index (χ0n) is 87.0. The summed E-state index contributed by atoms with van der Waals surface area (Å²) in [6, 6.07) is 60.1. The van der Waals surface area contributed by atoms with Gasteiger partial charge in [0.05, 0.1) is 23.8 Å². The average Bonchev–Trinajstić information content (AvgIpc) is 0.827. The van der Waals surface area contributed by atoms with Crippen molar-refractivity contribution >= 4 is 81.2 Å². The molecular weight excluding hydrogens is 1810 g/mol. The lowest BCUT2D eigenvalue weighted by atomic mass is 9.99. The Kier molecular flexibility index (Phi) is 53.8. The van der Waals surface area contributed by atoms with Gasteiger partial charge >= 0.3 is 6.18 Å². The van der Waals surface area contributed by atoms with Crippen LogP contribution in [0.1, 0.15) is 366 Å². The van der Waals surface area contributed by atoms with E-state index >= 15 is 0 Å². The number of hydrogen-bond acceptors (Lipinski definition) is 2. The maximum atomic E-state index is 13.0. The molecule has 11 aromatic carbocycles. The second kappa shape index (κ2) is 60.9. The van der Waals surface area contributed by atoms with Gasteiger partial charge in [0, 0.05) is 47.6 Å². The molecule has 0 N–H and O–H groups in total. The first-order valence-electron chi connectivity index (χ1n) is 47.0. The molecule has 0 spiro atoms. The minimum atomic E-state index is -4.32. The van der Waals surface area contributed by atoms with Crippen LogP contribution in [0.4, 0.5) is 35.1 Å². The van der Waals surface area contributed by atoms with Gasteiger partial charge in [0.25, 0.3) is 5.92 Å². The van der Waals surface area contributed by atoms with E-state index < -0.39 is 24.7 Å². The Morgan fingerprint density at radius 1 is 0.250 bits per heavy atom. The summed E-state index contributed by atoms with van der Waals surface area (Å²) in [5.41, 5.74) is 21.0. The summed E-state index contributed by atoms with van der Waals surface area (Å²) in [5.74, 6) is 2.62. The van der Waals surface area contributed by atoms with Gasteiger partial charge < -0.3 is 9.47 Å². The van der Waals surface area contributed by atoms with Crippen LogP contribution in [0.25, 0.3) is 0 Å². The molecule has 0 unspecified atom stereocenters. The van der Waals surface area contributed by atoms with Crippen LogP contribution in [-0.2, 0) is 31.4 Å². The Balaban J connectivity index is 0.000000744. The molecule has 0 amide bonds. The first kappa shape index (κ1) is 117. The quantitative estimate of drug-likeness (QED) is 0.0846. The Hall–Kier alpha value is -7.51. The molecule has 0 atom stereocenters.